The third-order valence-corrected chi connectivity index (χ3v) is 3.16. The first-order chi connectivity index (χ1) is 12.4. The molecule has 0 aliphatic carbocycles. The highest BCUT2D eigenvalue weighted by molar-refractivity contribution is 5.84. The number of amides is 1. The monoisotopic (exact) mass is 366 g/mol. The van der Waals surface area contributed by atoms with Gasteiger partial charge >= 0.3 is 0 Å². The van der Waals surface area contributed by atoms with Crippen molar-refractivity contribution in [3.05, 3.63) is 47.5 Å². The molecule has 0 saturated heterocycles. The summed E-state index contributed by atoms with van der Waals surface area (Å²) < 4.78 is 41.1. The van der Waals surface area contributed by atoms with Gasteiger partial charge in [0.25, 0.3) is 5.91 Å². The molecule has 0 aliphatic rings. The van der Waals surface area contributed by atoms with Crippen molar-refractivity contribution >= 4 is 12.1 Å². The molecule has 0 radical (unpaired) electrons. The Morgan fingerprint density at radius 3 is 2.38 bits per heavy atom. The summed E-state index contributed by atoms with van der Waals surface area (Å²) in [5.74, 6) is -2.38. The topological polar surface area (TPSA) is 89.4 Å². The van der Waals surface area contributed by atoms with E-state index in [0.29, 0.717) is 11.6 Å². The van der Waals surface area contributed by atoms with Crippen molar-refractivity contribution in [3.63, 3.8) is 0 Å². The molecule has 138 valence electrons. The summed E-state index contributed by atoms with van der Waals surface area (Å²) in [4.78, 5) is 11.6. The van der Waals surface area contributed by atoms with E-state index in [-0.39, 0.29) is 23.0 Å². The third kappa shape index (κ3) is 4.82. The molecular formula is C17H16F2N2O5. The number of ether oxygens (including phenoxy) is 3. The number of hydrogen-bond acceptors (Lipinski definition) is 6. The van der Waals surface area contributed by atoms with Crippen molar-refractivity contribution in [2.24, 2.45) is 5.10 Å². The number of hydrogen-bond donors (Lipinski definition) is 2. The molecule has 2 N–H and O–H groups in total. The minimum atomic E-state index is -0.912. The minimum Gasteiger partial charge on any atom is -0.502 e. The van der Waals surface area contributed by atoms with Gasteiger partial charge in [-0.3, -0.25) is 4.79 Å². The van der Waals surface area contributed by atoms with Gasteiger partial charge in [-0.05, 0) is 24.3 Å². The third-order valence-electron chi connectivity index (χ3n) is 3.16. The molecule has 0 bridgehead atoms. The van der Waals surface area contributed by atoms with E-state index >= 15 is 0 Å². The van der Waals surface area contributed by atoms with E-state index in [0.717, 1.165) is 12.1 Å². The van der Waals surface area contributed by atoms with E-state index in [1.807, 2.05) is 0 Å². The number of benzene rings is 2. The molecule has 0 heterocycles. The Morgan fingerprint density at radius 2 is 1.81 bits per heavy atom. The zero-order valence-corrected chi connectivity index (χ0v) is 14.0. The molecule has 0 atom stereocenters. The molecule has 0 aromatic heterocycles. The molecule has 1 amide bonds. The Labute approximate surface area is 147 Å². The van der Waals surface area contributed by atoms with Crippen LogP contribution in [-0.4, -0.2) is 38.1 Å². The van der Waals surface area contributed by atoms with Gasteiger partial charge < -0.3 is 19.3 Å². The van der Waals surface area contributed by atoms with E-state index in [2.05, 4.69) is 10.5 Å². The first kappa shape index (κ1) is 19.0. The van der Waals surface area contributed by atoms with Crippen LogP contribution in [0.5, 0.6) is 23.0 Å². The molecule has 2 aromatic carbocycles. The summed E-state index contributed by atoms with van der Waals surface area (Å²) in [6.45, 7) is -0.512. The van der Waals surface area contributed by atoms with Crippen molar-refractivity contribution in [1.29, 1.82) is 0 Å². The number of rotatable bonds is 7. The molecule has 2 aromatic rings. The van der Waals surface area contributed by atoms with Crippen LogP contribution in [0.4, 0.5) is 8.78 Å². The quantitative estimate of drug-likeness (QED) is 0.579. The van der Waals surface area contributed by atoms with E-state index in [4.69, 9.17) is 14.2 Å². The predicted octanol–water partition coefficient (Wildman–Crippen LogP) is 2.22. The molecule has 0 saturated carbocycles. The van der Waals surface area contributed by atoms with Gasteiger partial charge in [0.15, 0.2) is 29.7 Å². The van der Waals surface area contributed by atoms with Crippen LogP contribution in [0, 0.1) is 11.6 Å². The van der Waals surface area contributed by atoms with Crippen LogP contribution in [0.1, 0.15) is 5.56 Å². The maximum atomic E-state index is 13.4. The highest BCUT2D eigenvalue weighted by Crippen LogP contribution is 2.36. The summed E-state index contributed by atoms with van der Waals surface area (Å²) in [7, 11) is 2.76. The van der Waals surface area contributed by atoms with Crippen LogP contribution < -0.4 is 19.6 Å². The number of phenolic OH excluding ortho intramolecular Hbond substituents is 1. The Kier molecular flexibility index (Phi) is 6.31. The Balaban J connectivity index is 1.94. The van der Waals surface area contributed by atoms with Gasteiger partial charge in [-0.25, -0.2) is 14.2 Å². The molecule has 0 unspecified atom stereocenters. The SMILES string of the molecule is COc1cc(/C=N\NC(=O)COc2ccc(F)cc2F)cc(OC)c1O. The van der Waals surface area contributed by atoms with E-state index in [9.17, 15) is 18.7 Å². The fraction of sp³-hybridized carbons (Fsp3) is 0.176. The van der Waals surface area contributed by atoms with Crippen molar-refractivity contribution in [2.45, 2.75) is 0 Å². The fourth-order valence-electron chi connectivity index (χ4n) is 1.93. The summed E-state index contributed by atoms with van der Waals surface area (Å²) in [6, 6.07) is 5.71. The van der Waals surface area contributed by atoms with Gasteiger partial charge in [-0.15, -0.1) is 0 Å². The van der Waals surface area contributed by atoms with Gasteiger partial charge in [0.1, 0.15) is 5.82 Å². The van der Waals surface area contributed by atoms with Gasteiger partial charge in [0.05, 0.1) is 20.4 Å². The molecule has 0 aliphatic heterocycles. The number of phenols is 1. The average molecular weight is 366 g/mol. The second kappa shape index (κ2) is 8.65. The van der Waals surface area contributed by atoms with Crippen LogP contribution in [-0.2, 0) is 4.79 Å². The number of aromatic hydroxyl groups is 1. The lowest BCUT2D eigenvalue weighted by Crippen LogP contribution is -2.24. The van der Waals surface area contributed by atoms with Crippen molar-refractivity contribution < 1.29 is 32.9 Å². The number of carbonyl (C=O) groups is 1. The van der Waals surface area contributed by atoms with Crippen molar-refractivity contribution in [2.75, 3.05) is 20.8 Å². The van der Waals surface area contributed by atoms with Crippen LogP contribution in [0.25, 0.3) is 0 Å². The summed E-state index contributed by atoms with van der Waals surface area (Å²) in [5, 5.41) is 13.5. The summed E-state index contributed by atoms with van der Waals surface area (Å²) >= 11 is 0. The van der Waals surface area contributed by atoms with Crippen molar-refractivity contribution in [1.82, 2.24) is 5.43 Å². The predicted molar refractivity (Wildman–Crippen MR) is 88.8 cm³/mol. The maximum Gasteiger partial charge on any atom is 0.277 e. The zero-order chi connectivity index (χ0) is 19.1. The number of carbonyl (C=O) groups excluding carboxylic acids is 1. The van der Waals surface area contributed by atoms with E-state index in [1.165, 1.54) is 32.6 Å². The first-order valence-corrected chi connectivity index (χ1v) is 7.29. The highest BCUT2D eigenvalue weighted by Gasteiger charge is 2.10. The lowest BCUT2D eigenvalue weighted by molar-refractivity contribution is -0.123. The Morgan fingerprint density at radius 1 is 1.15 bits per heavy atom. The molecule has 26 heavy (non-hydrogen) atoms. The number of nitrogens with one attached hydrogen (secondary N) is 1. The lowest BCUT2D eigenvalue weighted by Gasteiger charge is -2.09. The first-order valence-electron chi connectivity index (χ1n) is 7.29. The normalized spacial score (nSPS) is 10.6. The molecule has 2 rings (SSSR count). The summed E-state index contributed by atoms with van der Waals surface area (Å²) in [6.07, 6.45) is 1.29. The van der Waals surface area contributed by atoms with Gasteiger partial charge in [-0.1, -0.05) is 0 Å². The van der Waals surface area contributed by atoms with E-state index in [1.54, 1.807) is 0 Å². The number of halogens is 2. The fourth-order valence-corrected chi connectivity index (χ4v) is 1.93. The Bertz CT molecular complexity index is 802. The molecule has 9 heteroatoms. The van der Waals surface area contributed by atoms with Crippen LogP contribution in [0.15, 0.2) is 35.4 Å². The zero-order valence-electron chi connectivity index (χ0n) is 14.0. The molecule has 7 nitrogen and oxygen atoms in total. The molecule has 0 spiro atoms. The van der Waals surface area contributed by atoms with Crippen LogP contribution in [0.2, 0.25) is 0 Å². The maximum absolute atomic E-state index is 13.4. The molecular weight excluding hydrogens is 350 g/mol. The van der Waals surface area contributed by atoms with Gasteiger partial charge in [0, 0.05) is 11.6 Å². The second-order valence-corrected chi connectivity index (χ2v) is 4.93. The number of hydrazone groups is 1. The van der Waals surface area contributed by atoms with Gasteiger partial charge in [0.2, 0.25) is 5.75 Å². The standard InChI is InChI=1S/C17H16F2N2O5/c1-24-14-5-10(6-15(25-2)17(14)23)8-20-21-16(22)9-26-13-4-3-11(18)7-12(13)19/h3-8,23H,9H2,1-2H3,(H,21,22)/b20-8-. The molecule has 0 fully saturated rings. The minimum absolute atomic E-state index is 0.161. The van der Waals surface area contributed by atoms with E-state index < -0.39 is 24.1 Å². The number of methoxy groups -OCH3 is 2. The van der Waals surface area contributed by atoms with Crippen LogP contribution >= 0.6 is 0 Å². The number of nitrogens with zero attached hydrogens (tertiary/aromatic N) is 1. The largest absolute Gasteiger partial charge is 0.502 e. The van der Waals surface area contributed by atoms with Crippen LogP contribution in [0.3, 0.4) is 0 Å². The Hall–Kier alpha value is -3.36. The van der Waals surface area contributed by atoms with Gasteiger partial charge in [-0.2, -0.15) is 5.10 Å². The average Bonchev–Trinajstić information content (AvgIpc) is 2.62. The lowest BCUT2D eigenvalue weighted by atomic mass is 10.2. The highest BCUT2D eigenvalue weighted by atomic mass is 19.1. The van der Waals surface area contributed by atoms with Crippen molar-refractivity contribution in [3.8, 4) is 23.0 Å². The summed E-state index contributed by atoms with van der Waals surface area (Å²) in [5.41, 5.74) is 2.67. The smallest absolute Gasteiger partial charge is 0.277 e. The second-order valence-electron chi connectivity index (χ2n) is 4.93.